The number of benzene rings is 1. The molecule has 0 aliphatic rings. The number of hydrogen-bond acceptors (Lipinski definition) is 2. The lowest BCUT2D eigenvalue weighted by Gasteiger charge is -2.11. The van der Waals surface area contributed by atoms with Gasteiger partial charge in [0.1, 0.15) is 6.61 Å². The first-order valence-corrected chi connectivity index (χ1v) is 8.38. The molecule has 0 aliphatic carbocycles. The van der Waals surface area contributed by atoms with Crippen LogP contribution in [0.1, 0.15) is 57.9 Å². The number of unbranched alkanes of at least 4 members (excludes halogenated alkanes) is 4. The Kier molecular flexibility index (Phi) is 9.81. The zero-order chi connectivity index (χ0) is 15.3. The van der Waals surface area contributed by atoms with Crippen LogP contribution in [0.25, 0.3) is 0 Å². The average molecular weight is 290 g/mol. The molecule has 1 aromatic carbocycles. The molecule has 21 heavy (non-hydrogen) atoms. The first-order valence-electron chi connectivity index (χ1n) is 8.38. The molecule has 0 unspecified atom stereocenters. The number of aryl methyl sites for hydroxylation is 1. The predicted octanol–water partition coefficient (Wildman–Crippen LogP) is 4.81. The molecule has 0 bridgehead atoms. The smallest absolute Gasteiger partial charge is 0.161 e. The van der Waals surface area contributed by atoms with E-state index in [9.17, 15) is 4.79 Å². The first-order chi connectivity index (χ1) is 10.2. The Morgan fingerprint density at radius 1 is 1.10 bits per heavy atom. The highest BCUT2D eigenvalue weighted by atomic mass is 16.5. The zero-order valence-corrected chi connectivity index (χ0v) is 13.6. The van der Waals surface area contributed by atoms with Gasteiger partial charge in [0.15, 0.2) is 5.78 Å². The lowest BCUT2D eigenvalue weighted by Crippen LogP contribution is -2.18. The van der Waals surface area contributed by atoms with E-state index in [1.165, 1.54) is 31.2 Å². The van der Waals surface area contributed by atoms with Crippen LogP contribution in [0.2, 0.25) is 0 Å². The molecule has 0 N–H and O–H groups in total. The van der Waals surface area contributed by atoms with Gasteiger partial charge < -0.3 is 4.74 Å². The van der Waals surface area contributed by atoms with Gasteiger partial charge in [0, 0.05) is 12.5 Å². The summed E-state index contributed by atoms with van der Waals surface area (Å²) in [4.78, 5) is 12.0. The third-order valence-electron chi connectivity index (χ3n) is 3.90. The largest absolute Gasteiger partial charge is 0.374 e. The highest BCUT2D eigenvalue weighted by molar-refractivity contribution is 5.81. The molecule has 2 nitrogen and oxygen atoms in total. The summed E-state index contributed by atoms with van der Waals surface area (Å²) >= 11 is 0. The highest BCUT2D eigenvalue weighted by Gasteiger charge is 2.12. The van der Waals surface area contributed by atoms with Crippen LogP contribution in [0.5, 0.6) is 0 Å². The van der Waals surface area contributed by atoms with E-state index in [1.54, 1.807) is 0 Å². The Balaban J connectivity index is 2.06. The summed E-state index contributed by atoms with van der Waals surface area (Å²) in [6, 6.07) is 10.3. The van der Waals surface area contributed by atoms with E-state index in [2.05, 4.69) is 19.1 Å². The first kappa shape index (κ1) is 17.9. The lowest BCUT2D eigenvalue weighted by atomic mass is 9.98. The summed E-state index contributed by atoms with van der Waals surface area (Å²) in [7, 11) is 0. The summed E-state index contributed by atoms with van der Waals surface area (Å²) in [5.41, 5.74) is 1.30. The molecule has 0 fully saturated rings. The Morgan fingerprint density at radius 3 is 2.52 bits per heavy atom. The third-order valence-corrected chi connectivity index (χ3v) is 3.90. The maximum absolute atomic E-state index is 12.0. The predicted molar refractivity (Wildman–Crippen MR) is 88.5 cm³/mol. The van der Waals surface area contributed by atoms with Gasteiger partial charge in [0.2, 0.25) is 0 Å². The van der Waals surface area contributed by atoms with E-state index in [4.69, 9.17) is 4.74 Å². The molecule has 0 radical (unpaired) electrons. The lowest BCUT2D eigenvalue weighted by molar-refractivity contribution is -0.127. The molecule has 0 amide bonds. The fourth-order valence-electron chi connectivity index (χ4n) is 2.31. The van der Waals surface area contributed by atoms with E-state index in [1.807, 2.05) is 25.1 Å². The Labute approximate surface area is 129 Å². The minimum Gasteiger partial charge on any atom is -0.374 e. The van der Waals surface area contributed by atoms with Crippen molar-refractivity contribution in [2.45, 2.75) is 58.8 Å². The van der Waals surface area contributed by atoms with Crippen molar-refractivity contribution in [2.75, 3.05) is 13.2 Å². The Bertz CT molecular complexity index is 372. The van der Waals surface area contributed by atoms with Crippen molar-refractivity contribution < 1.29 is 9.53 Å². The van der Waals surface area contributed by atoms with Crippen LogP contribution in [0, 0.1) is 5.92 Å². The van der Waals surface area contributed by atoms with Gasteiger partial charge in [-0.25, -0.2) is 0 Å². The minimum atomic E-state index is 0.0882. The van der Waals surface area contributed by atoms with Gasteiger partial charge in [0.25, 0.3) is 0 Å². The molecule has 0 heterocycles. The highest BCUT2D eigenvalue weighted by Crippen LogP contribution is 2.11. The zero-order valence-electron chi connectivity index (χ0n) is 13.6. The number of carbonyl (C=O) groups is 1. The van der Waals surface area contributed by atoms with E-state index < -0.39 is 0 Å². The SMILES string of the molecule is CCCCCCCOCC(=O)[C@H](C)CCc1ccccc1. The second-order valence-corrected chi connectivity index (χ2v) is 5.86. The number of carbonyl (C=O) groups excluding carboxylic acids is 1. The Hall–Kier alpha value is -1.15. The maximum atomic E-state index is 12.0. The number of hydrogen-bond donors (Lipinski definition) is 0. The average Bonchev–Trinajstić information content (AvgIpc) is 2.52. The monoisotopic (exact) mass is 290 g/mol. The van der Waals surface area contributed by atoms with E-state index in [0.717, 1.165) is 25.9 Å². The molecule has 0 saturated carbocycles. The number of ketones is 1. The second-order valence-electron chi connectivity index (χ2n) is 5.86. The minimum absolute atomic E-state index is 0.0882. The van der Waals surface area contributed by atoms with Gasteiger partial charge >= 0.3 is 0 Å². The fourth-order valence-corrected chi connectivity index (χ4v) is 2.31. The molecule has 1 atom stereocenters. The van der Waals surface area contributed by atoms with Crippen LogP contribution < -0.4 is 0 Å². The quantitative estimate of drug-likeness (QED) is 0.516. The van der Waals surface area contributed by atoms with Crippen LogP contribution in [-0.2, 0) is 16.0 Å². The van der Waals surface area contributed by atoms with Crippen LogP contribution in [0.4, 0.5) is 0 Å². The molecule has 1 rings (SSSR count). The van der Waals surface area contributed by atoms with Crippen molar-refractivity contribution in [1.29, 1.82) is 0 Å². The van der Waals surface area contributed by atoms with Gasteiger partial charge in [-0.05, 0) is 24.8 Å². The van der Waals surface area contributed by atoms with Crippen LogP contribution in [0.15, 0.2) is 30.3 Å². The van der Waals surface area contributed by atoms with Gasteiger partial charge in [-0.2, -0.15) is 0 Å². The summed E-state index contributed by atoms with van der Waals surface area (Å²) in [6.45, 7) is 5.23. The summed E-state index contributed by atoms with van der Waals surface area (Å²) in [5, 5.41) is 0. The van der Waals surface area contributed by atoms with Crippen molar-refractivity contribution in [1.82, 2.24) is 0 Å². The van der Waals surface area contributed by atoms with Crippen molar-refractivity contribution in [3.63, 3.8) is 0 Å². The standard InChI is InChI=1S/C19H30O2/c1-3-4-5-6-10-15-21-16-19(20)17(2)13-14-18-11-8-7-9-12-18/h7-9,11-12,17H,3-6,10,13-16H2,1-2H3/t17-/m1/s1. The van der Waals surface area contributed by atoms with E-state index >= 15 is 0 Å². The molecule has 0 saturated heterocycles. The third kappa shape index (κ3) is 8.67. The van der Waals surface area contributed by atoms with Gasteiger partial charge in [-0.15, -0.1) is 0 Å². The van der Waals surface area contributed by atoms with Crippen molar-refractivity contribution in [3.05, 3.63) is 35.9 Å². The maximum Gasteiger partial charge on any atom is 0.161 e. The number of Topliss-reactive ketones (excluding diaryl/α,β-unsaturated/α-hetero) is 1. The summed E-state index contributed by atoms with van der Waals surface area (Å²) < 4.78 is 5.50. The van der Waals surface area contributed by atoms with Crippen molar-refractivity contribution in [2.24, 2.45) is 5.92 Å². The number of ether oxygens (including phenoxy) is 1. The van der Waals surface area contributed by atoms with Gasteiger partial charge in [-0.3, -0.25) is 4.79 Å². The summed E-state index contributed by atoms with van der Waals surface area (Å²) in [6.07, 6.45) is 8.00. The Morgan fingerprint density at radius 2 is 1.81 bits per heavy atom. The van der Waals surface area contributed by atoms with Crippen LogP contribution >= 0.6 is 0 Å². The molecule has 0 aliphatic heterocycles. The topological polar surface area (TPSA) is 26.3 Å². The molecular weight excluding hydrogens is 260 g/mol. The normalized spacial score (nSPS) is 12.3. The molecule has 118 valence electrons. The van der Waals surface area contributed by atoms with Crippen LogP contribution in [0.3, 0.4) is 0 Å². The molecule has 0 spiro atoms. The summed E-state index contributed by atoms with van der Waals surface area (Å²) in [5.74, 6) is 0.324. The van der Waals surface area contributed by atoms with Crippen molar-refractivity contribution in [3.8, 4) is 0 Å². The second kappa shape index (κ2) is 11.5. The van der Waals surface area contributed by atoms with Crippen molar-refractivity contribution >= 4 is 5.78 Å². The number of rotatable bonds is 12. The van der Waals surface area contributed by atoms with E-state index in [-0.39, 0.29) is 18.3 Å². The fraction of sp³-hybridized carbons (Fsp3) is 0.632. The molecular formula is C19H30O2. The molecule has 0 aromatic heterocycles. The van der Waals surface area contributed by atoms with E-state index in [0.29, 0.717) is 0 Å². The molecule has 2 heteroatoms. The van der Waals surface area contributed by atoms with Gasteiger partial charge in [-0.1, -0.05) is 69.9 Å². The molecule has 1 aromatic rings. The van der Waals surface area contributed by atoms with Crippen LogP contribution in [-0.4, -0.2) is 19.0 Å². The van der Waals surface area contributed by atoms with Gasteiger partial charge in [0.05, 0.1) is 0 Å².